The van der Waals surface area contributed by atoms with E-state index in [4.69, 9.17) is 9.72 Å². The van der Waals surface area contributed by atoms with Gasteiger partial charge in [0.2, 0.25) is 0 Å². The Balaban J connectivity index is 1.29. The van der Waals surface area contributed by atoms with Crippen LogP contribution in [0, 0.1) is 6.92 Å². The molecule has 1 heterocycles. The molecule has 0 spiro atoms. The number of hydrazone groups is 1. The van der Waals surface area contributed by atoms with Crippen LogP contribution in [0.25, 0.3) is 22.2 Å². The minimum Gasteiger partial charge on any atom is -0.489 e. The Kier molecular flexibility index (Phi) is 6.81. The number of carbonyl (C=O) groups is 1. The van der Waals surface area contributed by atoms with Crippen LogP contribution in [0.4, 0.5) is 0 Å². The van der Waals surface area contributed by atoms with Gasteiger partial charge in [-0.2, -0.15) is 5.10 Å². The molecule has 0 saturated heterocycles. The van der Waals surface area contributed by atoms with Crippen molar-refractivity contribution in [3.63, 3.8) is 0 Å². The monoisotopic (exact) mass is 471 g/mol. The molecule has 5 aromatic rings. The number of nitrogens with zero attached hydrogens (tertiary/aromatic N) is 2. The molecule has 36 heavy (non-hydrogen) atoms. The predicted octanol–water partition coefficient (Wildman–Crippen LogP) is 6.55. The summed E-state index contributed by atoms with van der Waals surface area (Å²) in [6.07, 6.45) is 1.61. The van der Waals surface area contributed by atoms with Crippen LogP contribution >= 0.6 is 0 Å². The van der Waals surface area contributed by atoms with E-state index in [1.165, 1.54) is 5.56 Å². The Labute approximate surface area is 210 Å². The lowest BCUT2D eigenvalue weighted by molar-refractivity contribution is 0.0956. The maximum absolute atomic E-state index is 13.1. The number of fused-ring (bicyclic) bond motifs is 1. The highest BCUT2D eigenvalue weighted by molar-refractivity contribution is 6.07. The Morgan fingerprint density at radius 3 is 2.39 bits per heavy atom. The first kappa shape index (κ1) is 23.0. The van der Waals surface area contributed by atoms with Crippen molar-refractivity contribution >= 4 is 23.0 Å². The van der Waals surface area contributed by atoms with Crippen LogP contribution in [-0.4, -0.2) is 17.1 Å². The fourth-order valence-electron chi connectivity index (χ4n) is 3.85. The molecule has 176 valence electrons. The van der Waals surface area contributed by atoms with E-state index >= 15 is 0 Å². The highest BCUT2D eigenvalue weighted by atomic mass is 16.5. The molecule has 0 radical (unpaired) electrons. The molecule has 0 aliphatic heterocycles. The lowest BCUT2D eigenvalue weighted by atomic mass is 10.0. The minimum atomic E-state index is -0.291. The summed E-state index contributed by atoms with van der Waals surface area (Å²) < 4.78 is 5.82. The summed E-state index contributed by atoms with van der Waals surface area (Å²) in [7, 11) is 0. The maximum Gasteiger partial charge on any atom is 0.272 e. The summed E-state index contributed by atoms with van der Waals surface area (Å²) in [4.78, 5) is 17.8. The van der Waals surface area contributed by atoms with Crippen LogP contribution < -0.4 is 10.2 Å². The van der Waals surface area contributed by atoms with E-state index in [1.807, 2.05) is 116 Å². The number of carbonyl (C=O) groups excluding carboxylic acids is 1. The highest BCUT2D eigenvalue weighted by Gasteiger charge is 2.13. The smallest absolute Gasteiger partial charge is 0.272 e. The lowest BCUT2D eigenvalue weighted by Gasteiger charge is -2.09. The van der Waals surface area contributed by atoms with E-state index in [-0.39, 0.29) is 5.91 Å². The van der Waals surface area contributed by atoms with Gasteiger partial charge < -0.3 is 4.74 Å². The summed E-state index contributed by atoms with van der Waals surface area (Å²) in [5.74, 6) is 0.480. The number of amides is 1. The number of hydrogen-bond donors (Lipinski definition) is 1. The quantitative estimate of drug-likeness (QED) is 0.216. The number of benzene rings is 4. The molecule has 4 aromatic carbocycles. The standard InChI is InChI=1S/C31H25N3O2/c1-22-11-15-25(16-12-22)30-19-28(27-9-5-6-10-29(27)33-30)31(35)34-32-20-23-13-17-26(18-14-23)36-21-24-7-3-2-4-8-24/h2-20H,21H2,1H3,(H,34,35). The van der Waals surface area contributed by atoms with E-state index in [9.17, 15) is 4.79 Å². The zero-order valence-electron chi connectivity index (χ0n) is 19.9. The summed E-state index contributed by atoms with van der Waals surface area (Å²) in [5, 5.41) is 4.95. The van der Waals surface area contributed by atoms with Crippen LogP contribution in [0.2, 0.25) is 0 Å². The molecule has 0 aliphatic carbocycles. The number of aromatic nitrogens is 1. The molecular formula is C31H25N3O2. The molecule has 5 rings (SSSR count). The molecule has 0 saturated carbocycles. The zero-order chi connectivity index (χ0) is 24.7. The molecule has 5 nitrogen and oxygen atoms in total. The molecule has 1 amide bonds. The molecular weight excluding hydrogens is 446 g/mol. The lowest BCUT2D eigenvalue weighted by Crippen LogP contribution is -2.18. The molecule has 0 aliphatic rings. The van der Waals surface area contributed by atoms with E-state index in [0.29, 0.717) is 12.2 Å². The van der Waals surface area contributed by atoms with Gasteiger partial charge in [-0.25, -0.2) is 10.4 Å². The van der Waals surface area contributed by atoms with Crippen molar-refractivity contribution in [2.45, 2.75) is 13.5 Å². The Morgan fingerprint density at radius 1 is 0.889 bits per heavy atom. The van der Waals surface area contributed by atoms with Crippen molar-refractivity contribution in [3.05, 3.63) is 131 Å². The molecule has 0 fully saturated rings. The number of ether oxygens (including phenoxy) is 1. The highest BCUT2D eigenvalue weighted by Crippen LogP contribution is 2.25. The maximum atomic E-state index is 13.1. The van der Waals surface area contributed by atoms with Gasteiger partial charge in [-0.3, -0.25) is 4.79 Å². The second-order valence-corrected chi connectivity index (χ2v) is 8.48. The van der Waals surface area contributed by atoms with Crippen LogP contribution in [0.5, 0.6) is 5.75 Å². The second-order valence-electron chi connectivity index (χ2n) is 8.48. The van der Waals surface area contributed by atoms with Gasteiger partial charge in [0.25, 0.3) is 5.91 Å². The van der Waals surface area contributed by atoms with Crippen molar-refractivity contribution in [2.24, 2.45) is 5.10 Å². The van der Waals surface area contributed by atoms with E-state index < -0.39 is 0 Å². The van der Waals surface area contributed by atoms with Gasteiger partial charge in [-0.15, -0.1) is 0 Å². The molecule has 0 unspecified atom stereocenters. The van der Waals surface area contributed by atoms with Crippen LogP contribution in [-0.2, 0) is 6.61 Å². The summed E-state index contributed by atoms with van der Waals surface area (Å²) in [6.45, 7) is 2.55. The third-order valence-electron chi connectivity index (χ3n) is 5.82. The topological polar surface area (TPSA) is 63.6 Å². The molecule has 1 aromatic heterocycles. The Bertz CT molecular complexity index is 1510. The van der Waals surface area contributed by atoms with Crippen molar-refractivity contribution in [2.75, 3.05) is 0 Å². The largest absolute Gasteiger partial charge is 0.489 e. The average molecular weight is 472 g/mol. The molecule has 0 bridgehead atoms. The third kappa shape index (κ3) is 5.47. The van der Waals surface area contributed by atoms with Gasteiger partial charge in [0.1, 0.15) is 12.4 Å². The third-order valence-corrected chi connectivity index (χ3v) is 5.82. The van der Waals surface area contributed by atoms with E-state index in [2.05, 4.69) is 10.5 Å². The Hall–Kier alpha value is -4.77. The van der Waals surface area contributed by atoms with Gasteiger partial charge >= 0.3 is 0 Å². The number of aryl methyl sites for hydroxylation is 1. The average Bonchev–Trinajstić information content (AvgIpc) is 2.93. The SMILES string of the molecule is Cc1ccc(-c2cc(C(=O)NN=Cc3ccc(OCc4ccccc4)cc3)c3ccccc3n2)cc1. The summed E-state index contributed by atoms with van der Waals surface area (Å²) in [5.41, 5.74) is 8.78. The molecule has 0 atom stereocenters. The van der Waals surface area contributed by atoms with Gasteiger partial charge in [-0.05, 0) is 54.4 Å². The molecule has 1 N–H and O–H groups in total. The predicted molar refractivity (Wildman–Crippen MR) is 144 cm³/mol. The summed E-state index contributed by atoms with van der Waals surface area (Å²) in [6, 6.07) is 35.1. The van der Waals surface area contributed by atoms with Crippen molar-refractivity contribution in [3.8, 4) is 17.0 Å². The van der Waals surface area contributed by atoms with Crippen LogP contribution in [0.3, 0.4) is 0 Å². The minimum absolute atomic E-state index is 0.291. The number of hydrogen-bond acceptors (Lipinski definition) is 4. The number of pyridine rings is 1. The van der Waals surface area contributed by atoms with Crippen molar-refractivity contribution < 1.29 is 9.53 Å². The first-order valence-corrected chi connectivity index (χ1v) is 11.7. The summed E-state index contributed by atoms with van der Waals surface area (Å²) >= 11 is 0. The number of rotatable bonds is 7. The van der Waals surface area contributed by atoms with Crippen molar-refractivity contribution in [1.82, 2.24) is 10.4 Å². The number of nitrogens with one attached hydrogen (secondary N) is 1. The van der Waals surface area contributed by atoms with Gasteiger partial charge in [0, 0.05) is 10.9 Å². The van der Waals surface area contributed by atoms with Gasteiger partial charge in [0.05, 0.1) is 23.0 Å². The first-order chi connectivity index (χ1) is 17.7. The van der Waals surface area contributed by atoms with E-state index in [1.54, 1.807) is 6.21 Å². The van der Waals surface area contributed by atoms with Gasteiger partial charge in [0.15, 0.2) is 0 Å². The fraction of sp³-hybridized carbons (Fsp3) is 0.0645. The van der Waals surface area contributed by atoms with Crippen LogP contribution in [0.15, 0.2) is 114 Å². The second kappa shape index (κ2) is 10.7. The number of para-hydroxylation sites is 1. The van der Waals surface area contributed by atoms with Crippen molar-refractivity contribution in [1.29, 1.82) is 0 Å². The van der Waals surface area contributed by atoms with E-state index in [0.717, 1.165) is 39.0 Å². The zero-order valence-corrected chi connectivity index (χ0v) is 19.9. The van der Waals surface area contributed by atoms with Crippen LogP contribution in [0.1, 0.15) is 27.0 Å². The first-order valence-electron chi connectivity index (χ1n) is 11.7. The fourth-order valence-corrected chi connectivity index (χ4v) is 3.85. The Morgan fingerprint density at radius 2 is 1.61 bits per heavy atom. The normalized spacial score (nSPS) is 11.0. The van der Waals surface area contributed by atoms with Gasteiger partial charge in [-0.1, -0.05) is 78.4 Å². The molecule has 5 heteroatoms.